The predicted molar refractivity (Wildman–Crippen MR) is 76.8 cm³/mol. The molecule has 0 aliphatic heterocycles. The van der Waals surface area contributed by atoms with Crippen molar-refractivity contribution < 1.29 is 17.9 Å². The van der Waals surface area contributed by atoms with Gasteiger partial charge in [-0.2, -0.15) is 0 Å². The summed E-state index contributed by atoms with van der Waals surface area (Å²) >= 11 is 0. The second kappa shape index (κ2) is 8.41. The first-order valence-electron chi connectivity index (χ1n) is 6.87. The fraction of sp³-hybridized carbons (Fsp3) is 0.692. The number of furan rings is 1. The lowest BCUT2D eigenvalue weighted by atomic mass is 10.0. The van der Waals surface area contributed by atoms with E-state index < -0.39 is 10.0 Å². The average molecular weight is 304 g/mol. The minimum atomic E-state index is -3.62. The summed E-state index contributed by atoms with van der Waals surface area (Å²) in [5.41, 5.74) is 0. The van der Waals surface area contributed by atoms with Gasteiger partial charge in [-0.15, -0.1) is 0 Å². The number of sulfonamides is 1. The maximum Gasteiger partial charge on any atom is 0.273 e. The summed E-state index contributed by atoms with van der Waals surface area (Å²) in [4.78, 5) is 0. The summed E-state index contributed by atoms with van der Waals surface area (Å²) < 4.78 is 32.0. The molecule has 1 heterocycles. The molecule has 1 unspecified atom stereocenters. The highest BCUT2D eigenvalue weighted by atomic mass is 32.2. The molecule has 0 amide bonds. The van der Waals surface area contributed by atoms with Crippen LogP contribution in [0.1, 0.15) is 31.9 Å². The lowest BCUT2D eigenvalue weighted by Crippen LogP contribution is -2.29. The lowest BCUT2D eigenvalue weighted by molar-refractivity contribution is 0.251. The van der Waals surface area contributed by atoms with E-state index in [1.807, 2.05) is 6.92 Å². The Bertz CT molecular complexity index is 478. The predicted octanol–water partition coefficient (Wildman–Crippen LogP) is 1.08. The van der Waals surface area contributed by atoms with Crippen molar-refractivity contribution in [1.82, 2.24) is 10.0 Å². The van der Waals surface area contributed by atoms with Gasteiger partial charge < -0.3 is 14.8 Å². The van der Waals surface area contributed by atoms with E-state index in [-0.39, 0.29) is 17.6 Å². The summed E-state index contributed by atoms with van der Waals surface area (Å²) in [6.07, 6.45) is 2.44. The SMILES string of the molecule is CCCC(CCO)CNS(=O)(=O)c1ccc(CNC)o1. The number of hydrogen-bond donors (Lipinski definition) is 3. The molecule has 3 N–H and O–H groups in total. The molecule has 1 rings (SSSR count). The average Bonchev–Trinajstić information content (AvgIpc) is 2.87. The van der Waals surface area contributed by atoms with E-state index in [0.717, 1.165) is 12.8 Å². The third-order valence-electron chi connectivity index (χ3n) is 3.05. The Morgan fingerprint density at radius 1 is 1.35 bits per heavy atom. The molecule has 20 heavy (non-hydrogen) atoms. The number of rotatable bonds is 10. The molecule has 0 bridgehead atoms. The first-order valence-corrected chi connectivity index (χ1v) is 8.35. The third-order valence-corrected chi connectivity index (χ3v) is 4.35. The molecule has 0 radical (unpaired) electrons. The fourth-order valence-electron chi connectivity index (χ4n) is 2.01. The summed E-state index contributed by atoms with van der Waals surface area (Å²) in [7, 11) is -1.85. The molecule has 0 aliphatic carbocycles. The van der Waals surface area contributed by atoms with Crippen LogP contribution >= 0.6 is 0 Å². The van der Waals surface area contributed by atoms with Crippen molar-refractivity contribution in [3.05, 3.63) is 17.9 Å². The topological polar surface area (TPSA) is 91.6 Å². The molecule has 6 nitrogen and oxygen atoms in total. The molecule has 0 saturated heterocycles. The van der Waals surface area contributed by atoms with Crippen LogP contribution in [-0.4, -0.2) is 33.7 Å². The van der Waals surface area contributed by atoms with E-state index in [0.29, 0.717) is 25.3 Å². The van der Waals surface area contributed by atoms with Crippen LogP contribution in [0.25, 0.3) is 0 Å². The van der Waals surface area contributed by atoms with Crippen molar-refractivity contribution in [2.75, 3.05) is 20.2 Å². The third kappa shape index (κ3) is 5.24. The van der Waals surface area contributed by atoms with Gasteiger partial charge in [-0.3, -0.25) is 0 Å². The molecular formula is C13H24N2O4S. The zero-order valence-electron chi connectivity index (χ0n) is 12.1. The number of aliphatic hydroxyl groups is 1. The molecule has 116 valence electrons. The highest BCUT2D eigenvalue weighted by Gasteiger charge is 2.20. The Morgan fingerprint density at radius 2 is 2.10 bits per heavy atom. The largest absolute Gasteiger partial charge is 0.447 e. The van der Waals surface area contributed by atoms with Crippen LogP contribution in [-0.2, 0) is 16.6 Å². The smallest absolute Gasteiger partial charge is 0.273 e. The summed E-state index contributed by atoms with van der Waals surface area (Å²) in [5.74, 6) is 0.722. The molecule has 1 aromatic heterocycles. The van der Waals surface area contributed by atoms with E-state index in [9.17, 15) is 8.42 Å². The Morgan fingerprint density at radius 3 is 2.70 bits per heavy atom. The number of nitrogens with one attached hydrogen (secondary N) is 2. The van der Waals surface area contributed by atoms with Crippen molar-refractivity contribution in [1.29, 1.82) is 0 Å². The minimum Gasteiger partial charge on any atom is -0.447 e. The highest BCUT2D eigenvalue weighted by molar-refractivity contribution is 7.89. The van der Waals surface area contributed by atoms with Gasteiger partial charge in [-0.1, -0.05) is 13.3 Å². The van der Waals surface area contributed by atoms with Crippen molar-refractivity contribution in [3.63, 3.8) is 0 Å². The number of hydrogen-bond acceptors (Lipinski definition) is 5. The Hall–Kier alpha value is -0.890. The summed E-state index contributed by atoms with van der Waals surface area (Å²) in [5, 5.41) is 11.8. The van der Waals surface area contributed by atoms with Gasteiger partial charge in [0.15, 0.2) is 0 Å². The molecule has 7 heteroatoms. The molecule has 1 aromatic rings. The molecule has 0 spiro atoms. The van der Waals surface area contributed by atoms with Gasteiger partial charge >= 0.3 is 0 Å². The monoisotopic (exact) mass is 304 g/mol. The summed E-state index contributed by atoms with van der Waals surface area (Å²) in [6, 6.07) is 3.10. The highest BCUT2D eigenvalue weighted by Crippen LogP contribution is 2.15. The lowest BCUT2D eigenvalue weighted by Gasteiger charge is -2.15. The summed E-state index contributed by atoms with van der Waals surface area (Å²) in [6.45, 7) is 2.91. The normalized spacial score (nSPS) is 13.6. The molecule has 0 aliphatic rings. The van der Waals surface area contributed by atoms with Gasteiger partial charge in [0, 0.05) is 13.2 Å². The molecule has 1 atom stereocenters. The molecule has 0 saturated carbocycles. The first-order chi connectivity index (χ1) is 9.53. The van der Waals surface area contributed by atoms with Crippen molar-refractivity contribution >= 4 is 10.0 Å². The Balaban J connectivity index is 2.63. The second-order valence-electron chi connectivity index (χ2n) is 4.77. The van der Waals surface area contributed by atoms with Gasteiger partial charge in [-0.25, -0.2) is 13.1 Å². The van der Waals surface area contributed by atoms with Gasteiger partial charge in [-0.05, 0) is 37.9 Å². The van der Waals surface area contributed by atoms with E-state index in [1.165, 1.54) is 6.07 Å². The van der Waals surface area contributed by atoms with Crippen molar-refractivity contribution in [2.24, 2.45) is 5.92 Å². The van der Waals surface area contributed by atoms with Gasteiger partial charge in [0.1, 0.15) is 5.76 Å². The standard InChI is InChI=1S/C13H24N2O4S/c1-3-4-11(7-8-16)9-15-20(17,18)13-6-5-12(19-13)10-14-2/h5-6,11,14-16H,3-4,7-10H2,1-2H3. The molecular weight excluding hydrogens is 280 g/mol. The van der Waals surface area contributed by atoms with Crippen molar-refractivity contribution in [2.45, 2.75) is 37.8 Å². The number of aliphatic hydroxyl groups excluding tert-OH is 1. The van der Waals surface area contributed by atoms with Crippen LogP contribution in [0.15, 0.2) is 21.6 Å². The van der Waals surface area contributed by atoms with Crippen LogP contribution in [0.3, 0.4) is 0 Å². The molecule has 0 aromatic carbocycles. The van der Waals surface area contributed by atoms with Gasteiger partial charge in [0.05, 0.1) is 6.54 Å². The maximum absolute atomic E-state index is 12.1. The Kier molecular flexibility index (Phi) is 7.22. The molecule has 0 fully saturated rings. The first kappa shape index (κ1) is 17.2. The fourth-order valence-corrected chi connectivity index (χ4v) is 3.07. The van der Waals surface area contributed by atoms with Crippen LogP contribution < -0.4 is 10.0 Å². The quantitative estimate of drug-likeness (QED) is 0.601. The van der Waals surface area contributed by atoms with Crippen molar-refractivity contribution in [3.8, 4) is 0 Å². The Labute approximate surface area is 120 Å². The van der Waals surface area contributed by atoms with Crippen LogP contribution in [0.4, 0.5) is 0 Å². The van der Waals surface area contributed by atoms with Crippen LogP contribution in [0, 0.1) is 5.92 Å². The van der Waals surface area contributed by atoms with Crippen LogP contribution in [0.2, 0.25) is 0 Å². The zero-order chi connectivity index (χ0) is 15.0. The van der Waals surface area contributed by atoms with E-state index >= 15 is 0 Å². The van der Waals surface area contributed by atoms with Gasteiger partial charge in [0.2, 0.25) is 5.09 Å². The van der Waals surface area contributed by atoms with E-state index in [4.69, 9.17) is 9.52 Å². The van der Waals surface area contributed by atoms with Crippen LogP contribution in [0.5, 0.6) is 0 Å². The van der Waals surface area contributed by atoms with E-state index in [1.54, 1.807) is 13.1 Å². The zero-order valence-corrected chi connectivity index (χ0v) is 12.9. The van der Waals surface area contributed by atoms with Gasteiger partial charge in [0.25, 0.3) is 10.0 Å². The second-order valence-corrected chi connectivity index (χ2v) is 6.47. The maximum atomic E-state index is 12.1. The van der Waals surface area contributed by atoms with E-state index in [2.05, 4.69) is 10.0 Å². The minimum absolute atomic E-state index is 0.0676.